The number of rotatable bonds is 3. The summed E-state index contributed by atoms with van der Waals surface area (Å²) < 4.78 is 13.7. The molecule has 0 saturated heterocycles. The van der Waals surface area contributed by atoms with Crippen molar-refractivity contribution in [2.45, 2.75) is 13.0 Å². The molecule has 0 aliphatic carbocycles. The molecular weight excluding hydrogens is 331 g/mol. The number of carbonyl (C=O) groups is 1. The minimum absolute atomic E-state index is 0.149. The Morgan fingerprint density at radius 3 is 2.50 bits per heavy atom. The number of fused-ring (bicyclic) bond motifs is 1. The zero-order valence-electron chi connectivity index (χ0n) is 14.0. The number of aromatic nitrogens is 2. The minimum atomic E-state index is -0.374. The fraction of sp³-hybridized carbons (Fsp3) is 0.150. The van der Waals surface area contributed by atoms with Crippen LogP contribution in [0.2, 0.25) is 0 Å². The zero-order valence-corrected chi connectivity index (χ0v) is 14.0. The molecule has 130 valence electrons. The van der Waals surface area contributed by atoms with E-state index < -0.39 is 0 Å². The van der Waals surface area contributed by atoms with Gasteiger partial charge in [-0.25, -0.2) is 4.39 Å². The van der Waals surface area contributed by atoms with Gasteiger partial charge in [0.05, 0.1) is 5.69 Å². The van der Waals surface area contributed by atoms with Gasteiger partial charge in [-0.2, -0.15) is 0 Å². The number of para-hydroxylation sites is 1. The Morgan fingerprint density at radius 2 is 1.73 bits per heavy atom. The molecule has 2 aromatic carbocycles. The van der Waals surface area contributed by atoms with Gasteiger partial charge in [0.15, 0.2) is 11.5 Å². The second-order valence-electron chi connectivity index (χ2n) is 6.15. The topological polar surface area (TPSA) is 58.1 Å². The summed E-state index contributed by atoms with van der Waals surface area (Å²) in [4.78, 5) is 14.5. The van der Waals surface area contributed by atoms with Crippen LogP contribution in [0.15, 0.2) is 60.7 Å². The number of hydrogen-bond donors (Lipinski definition) is 1. The molecule has 1 N–H and O–H groups in total. The molecule has 0 bridgehead atoms. The monoisotopic (exact) mass is 348 g/mol. The summed E-state index contributed by atoms with van der Waals surface area (Å²) in [6, 6.07) is 17.7. The summed E-state index contributed by atoms with van der Waals surface area (Å²) in [6.45, 7) is 1.23. The Labute approximate surface area is 150 Å². The summed E-state index contributed by atoms with van der Waals surface area (Å²) >= 11 is 0. The Bertz CT molecular complexity index is 943. The lowest BCUT2D eigenvalue weighted by molar-refractivity contribution is 0.0727. The van der Waals surface area contributed by atoms with E-state index >= 15 is 0 Å². The molecule has 5 nitrogen and oxygen atoms in total. The second kappa shape index (κ2) is 6.92. The molecule has 3 aromatic rings. The van der Waals surface area contributed by atoms with Gasteiger partial charge in [-0.3, -0.25) is 4.79 Å². The van der Waals surface area contributed by atoms with E-state index in [1.807, 2.05) is 18.2 Å². The van der Waals surface area contributed by atoms with E-state index in [0.717, 1.165) is 12.0 Å². The minimum Gasteiger partial charge on any atom is -0.336 e. The maximum Gasteiger partial charge on any atom is 0.274 e. The van der Waals surface area contributed by atoms with E-state index in [4.69, 9.17) is 0 Å². The summed E-state index contributed by atoms with van der Waals surface area (Å²) in [5.74, 6) is -0.137. The van der Waals surface area contributed by atoms with Crippen molar-refractivity contribution in [1.82, 2.24) is 15.1 Å². The maximum absolute atomic E-state index is 13.7. The lowest BCUT2D eigenvalue weighted by Gasteiger charge is -2.28. The molecule has 0 atom stereocenters. The van der Waals surface area contributed by atoms with Crippen molar-refractivity contribution in [2.24, 2.45) is 0 Å². The maximum atomic E-state index is 13.7. The van der Waals surface area contributed by atoms with Crippen molar-refractivity contribution in [3.8, 4) is 0 Å². The van der Waals surface area contributed by atoms with Crippen molar-refractivity contribution in [1.29, 1.82) is 0 Å². The average Bonchev–Trinajstić information content (AvgIpc) is 2.69. The molecule has 1 aliphatic heterocycles. The first-order valence-electron chi connectivity index (χ1n) is 8.42. The van der Waals surface area contributed by atoms with Gasteiger partial charge in [-0.15, -0.1) is 10.2 Å². The average molecular weight is 348 g/mol. The van der Waals surface area contributed by atoms with Crippen molar-refractivity contribution < 1.29 is 9.18 Å². The highest BCUT2D eigenvalue weighted by Crippen LogP contribution is 2.21. The van der Waals surface area contributed by atoms with Crippen LogP contribution in [-0.2, 0) is 13.0 Å². The van der Waals surface area contributed by atoms with Crippen molar-refractivity contribution in [3.63, 3.8) is 0 Å². The van der Waals surface area contributed by atoms with Crippen LogP contribution in [0, 0.1) is 5.82 Å². The fourth-order valence-electron chi connectivity index (χ4n) is 3.04. The number of anilines is 2. The first-order valence-corrected chi connectivity index (χ1v) is 8.42. The third-order valence-corrected chi connectivity index (χ3v) is 4.44. The molecule has 1 aromatic heterocycles. The molecule has 0 saturated carbocycles. The fourth-order valence-corrected chi connectivity index (χ4v) is 3.04. The molecule has 0 unspecified atom stereocenters. The predicted molar refractivity (Wildman–Crippen MR) is 96.6 cm³/mol. The highest BCUT2D eigenvalue weighted by molar-refractivity contribution is 5.92. The number of hydrogen-bond acceptors (Lipinski definition) is 4. The summed E-state index contributed by atoms with van der Waals surface area (Å²) in [6.07, 6.45) is 0.836. The highest BCUT2D eigenvalue weighted by Gasteiger charge is 2.22. The predicted octanol–water partition coefficient (Wildman–Crippen LogP) is 3.56. The molecule has 2 heterocycles. The lowest BCUT2D eigenvalue weighted by Crippen LogP contribution is -2.36. The van der Waals surface area contributed by atoms with Crippen molar-refractivity contribution in [3.05, 3.63) is 83.3 Å². The third-order valence-electron chi connectivity index (χ3n) is 4.44. The Balaban J connectivity index is 1.47. The summed E-state index contributed by atoms with van der Waals surface area (Å²) in [5.41, 5.74) is 3.04. The van der Waals surface area contributed by atoms with Crippen LogP contribution in [0.25, 0.3) is 0 Å². The van der Waals surface area contributed by atoms with Gasteiger partial charge in [0.1, 0.15) is 5.82 Å². The molecule has 6 heteroatoms. The number of amides is 1. The molecule has 0 radical (unpaired) electrons. The van der Waals surface area contributed by atoms with Gasteiger partial charge in [0.2, 0.25) is 0 Å². The quantitative estimate of drug-likeness (QED) is 0.786. The molecule has 4 rings (SSSR count). The zero-order chi connectivity index (χ0) is 17.9. The number of nitrogens with one attached hydrogen (secondary N) is 1. The largest absolute Gasteiger partial charge is 0.336 e. The van der Waals surface area contributed by atoms with Crippen LogP contribution in [0.1, 0.15) is 21.6 Å². The van der Waals surface area contributed by atoms with E-state index in [1.54, 1.807) is 35.2 Å². The molecular formula is C20H17FN4O. The summed E-state index contributed by atoms with van der Waals surface area (Å²) in [5, 5.41) is 10.9. The molecule has 1 amide bonds. The SMILES string of the molecule is O=C(c1ccc(Nc2ccccc2F)nn1)N1CCc2ccccc2C1. The molecule has 1 aliphatic rings. The van der Waals surface area contributed by atoms with Crippen LogP contribution in [0.3, 0.4) is 0 Å². The normalized spacial score (nSPS) is 13.2. The van der Waals surface area contributed by atoms with Gasteiger partial charge >= 0.3 is 0 Å². The molecule has 0 fully saturated rings. The van der Waals surface area contributed by atoms with E-state index in [-0.39, 0.29) is 17.4 Å². The summed E-state index contributed by atoms with van der Waals surface area (Å²) in [7, 11) is 0. The van der Waals surface area contributed by atoms with Crippen molar-refractivity contribution >= 4 is 17.4 Å². The van der Waals surface area contributed by atoms with Crippen LogP contribution < -0.4 is 5.32 Å². The molecule has 26 heavy (non-hydrogen) atoms. The van der Waals surface area contributed by atoms with Crippen LogP contribution in [0.4, 0.5) is 15.9 Å². The van der Waals surface area contributed by atoms with Crippen LogP contribution in [0.5, 0.6) is 0 Å². The first-order chi connectivity index (χ1) is 12.7. The van der Waals surface area contributed by atoms with Gasteiger partial charge in [-0.05, 0) is 41.8 Å². The standard InChI is InChI=1S/C20H17FN4O/c21-16-7-3-4-8-17(16)22-19-10-9-18(23-24-19)20(26)25-12-11-14-5-1-2-6-15(14)13-25/h1-10H,11-13H2,(H,22,24). The van der Waals surface area contributed by atoms with Crippen LogP contribution in [-0.4, -0.2) is 27.5 Å². The highest BCUT2D eigenvalue weighted by atomic mass is 19.1. The van der Waals surface area contributed by atoms with Gasteiger partial charge in [-0.1, -0.05) is 36.4 Å². The Morgan fingerprint density at radius 1 is 0.962 bits per heavy atom. The van der Waals surface area contributed by atoms with E-state index in [2.05, 4.69) is 21.6 Å². The van der Waals surface area contributed by atoms with E-state index in [0.29, 0.717) is 24.6 Å². The number of carbonyl (C=O) groups excluding carboxylic acids is 1. The number of halogens is 1. The van der Waals surface area contributed by atoms with E-state index in [1.165, 1.54) is 11.6 Å². The van der Waals surface area contributed by atoms with Gasteiger partial charge < -0.3 is 10.2 Å². The van der Waals surface area contributed by atoms with E-state index in [9.17, 15) is 9.18 Å². The van der Waals surface area contributed by atoms with Gasteiger partial charge in [0.25, 0.3) is 5.91 Å². The van der Waals surface area contributed by atoms with Crippen LogP contribution >= 0.6 is 0 Å². The lowest BCUT2D eigenvalue weighted by atomic mass is 10.00. The number of benzene rings is 2. The Hall–Kier alpha value is -3.28. The first kappa shape index (κ1) is 16.2. The van der Waals surface area contributed by atoms with Gasteiger partial charge in [0, 0.05) is 13.1 Å². The smallest absolute Gasteiger partial charge is 0.274 e. The van der Waals surface area contributed by atoms with Crippen molar-refractivity contribution in [2.75, 3.05) is 11.9 Å². The molecule has 0 spiro atoms. The Kier molecular flexibility index (Phi) is 4.31. The number of nitrogens with zero attached hydrogens (tertiary/aromatic N) is 3. The second-order valence-corrected chi connectivity index (χ2v) is 6.15. The third kappa shape index (κ3) is 3.26.